The molecule has 42 heavy (non-hydrogen) atoms. The number of amides is 1. The maximum atomic E-state index is 15.1. The first-order valence-corrected chi connectivity index (χ1v) is 14.9. The molecule has 1 unspecified atom stereocenters. The number of nitrogens with zero attached hydrogens (tertiary/aromatic N) is 4. The van der Waals surface area contributed by atoms with Crippen molar-refractivity contribution >= 4 is 42.8 Å². The normalized spacial score (nSPS) is 18.3. The van der Waals surface area contributed by atoms with Crippen LogP contribution in [0.1, 0.15) is 51.9 Å². The fourth-order valence-electron chi connectivity index (χ4n) is 4.55. The van der Waals surface area contributed by atoms with Crippen LogP contribution in [0.15, 0.2) is 35.2 Å². The van der Waals surface area contributed by atoms with Crippen LogP contribution in [0.3, 0.4) is 0 Å². The summed E-state index contributed by atoms with van der Waals surface area (Å²) in [5.41, 5.74) is -1.48. The van der Waals surface area contributed by atoms with Gasteiger partial charge in [0.2, 0.25) is 0 Å². The first-order chi connectivity index (χ1) is 20.0. The highest BCUT2D eigenvalue weighted by Crippen LogP contribution is 2.49. The van der Waals surface area contributed by atoms with Crippen molar-refractivity contribution < 1.29 is 50.8 Å². The second kappa shape index (κ2) is 13.4. The average molecular weight is 615 g/mol. The van der Waals surface area contributed by atoms with Crippen LogP contribution in [-0.2, 0) is 23.4 Å². The molecule has 2 aliphatic heterocycles. The topological polar surface area (TPSA) is 143 Å². The number of rotatable bonds is 13. The predicted octanol–water partition coefficient (Wildman–Crippen LogP) is 5.22. The lowest BCUT2D eigenvalue weighted by Crippen LogP contribution is -2.34. The quantitative estimate of drug-likeness (QED) is 0.180. The number of cyclic esters (lactones) is 1. The SMILES string of the molecule is CCCCCCCC(=O)OP(=O)(O)N(C[C@H]1CN(c2cc(F)c(N3C=CC(=O)CC3)c(F)c2F)C(=O)O1)c1ccon1. The van der Waals surface area contributed by atoms with E-state index in [1.807, 2.05) is 6.92 Å². The van der Waals surface area contributed by atoms with Crippen LogP contribution >= 0.6 is 7.75 Å². The Morgan fingerprint density at radius 2 is 1.98 bits per heavy atom. The lowest BCUT2D eigenvalue weighted by atomic mass is 10.1. The maximum absolute atomic E-state index is 15.1. The monoisotopic (exact) mass is 614 g/mol. The summed E-state index contributed by atoms with van der Waals surface area (Å²) in [4.78, 5) is 48.7. The van der Waals surface area contributed by atoms with Gasteiger partial charge in [-0.05, 0) is 12.5 Å². The van der Waals surface area contributed by atoms with Crippen molar-refractivity contribution in [3.63, 3.8) is 0 Å². The maximum Gasteiger partial charge on any atom is 0.490 e. The standard InChI is InChI=1S/C26H30F3N4O8P/c1-2-3-4-5-6-7-22(35)41-42(37,38)33(21-10-13-39-30-21)16-18-15-32(26(36)40-18)20-14-19(27)25(24(29)23(20)28)31-11-8-17(34)9-12-31/h8,10-11,13-14,18H,2-7,9,12,15-16H2,1H3,(H,37,38)/t18-/m1/s1. The van der Waals surface area contributed by atoms with E-state index in [1.54, 1.807) is 0 Å². The molecular formula is C26H30F3N4O8P. The van der Waals surface area contributed by atoms with E-state index >= 15 is 8.78 Å². The molecule has 1 N–H and O–H groups in total. The van der Waals surface area contributed by atoms with Crippen LogP contribution in [0, 0.1) is 17.5 Å². The van der Waals surface area contributed by atoms with Crippen molar-refractivity contribution in [1.82, 2.24) is 5.16 Å². The van der Waals surface area contributed by atoms with Gasteiger partial charge in [0.1, 0.15) is 18.1 Å². The highest BCUT2D eigenvalue weighted by Gasteiger charge is 2.42. The summed E-state index contributed by atoms with van der Waals surface area (Å²) in [5, 5.41) is 3.60. The van der Waals surface area contributed by atoms with E-state index in [2.05, 4.69) is 5.16 Å². The fourth-order valence-corrected chi connectivity index (χ4v) is 5.76. The number of aromatic nitrogens is 1. The van der Waals surface area contributed by atoms with Crippen LogP contribution in [0.2, 0.25) is 0 Å². The molecule has 2 aromatic rings. The molecule has 2 aliphatic rings. The van der Waals surface area contributed by atoms with Gasteiger partial charge in [-0.2, -0.15) is 0 Å². The number of allylic oxidation sites excluding steroid dienone is 1. The molecule has 12 nitrogen and oxygen atoms in total. The first-order valence-electron chi connectivity index (χ1n) is 13.4. The van der Waals surface area contributed by atoms with Crippen molar-refractivity contribution in [3.05, 3.63) is 48.1 Å². The van der Waals surface area contributed by atoms with E-state index in [4.69, 9.17) is 13.8 Å². The third-order valence-electron chi connectivity index (χ3n) is 6.68. The van der Waals surface area contributed by atoms with E-state index in [-0.39, 0.29) is 31.0 Å². The largest absolute Gasteiger partial charge is 0.490 e. The zero-order valence-corrected chi connectivity index (χ0v) is 23.6. The van der Waals surface area contributed by atoms with Gasteiger partial charge in [-0.15, -0.1) is 0 Å². The van der Waals surface area contributed by atoms with Gasteiger partial charge in [0.15, 0.2) is 29.1 Å². The summed E-state index contributed by atoms with van der Waals surface area (Å²) >= 11 is 0. The molecule has 1 fully saturated rings. The Kier molecular flexibility index (Phi) is 9.94. The van der Waals surface area contributed by atoms with Crippen LogP contribution in [0.5, 0.6) is 0 Å². The fraction of sp³-hybridized carbons (Fsp3) is 0.462. The minimum atomic E-state index is -4.90. The minimum absolute atomic E-state index is 0.0239. The third kappa shape index (κ3) is 7.13. The molecule has 228 valence electrons. The summed E-state index contributed by atoms with van der Waals surface area (Å²) in [5.74, 6) is -5.69. The minimum Gasteiger partial charge on any atom is -0.442 e. The highest BCUT2D eigenvalue weighted by molar-refractivity contribution is 7.55. The van der Waals surface area contributed by atoms with Gasteiger partial charge in [0.05, 0.1) is 18.8 Å². The van der Waals surface area contributed by atoms with Crippen LogP contribution in [0.4, 0.5) is 35.2 Å². The average Bonchev–Trinajstić information content (AvgIpc) is 3.60. The lowest BCUT2D eigenvalue weighted by molar-refractivity contribution is -0.135. The smallest absolute Gasteiger partial charge is 0.442 e. The van der Waals surface area contributed by atoms with Crippen molar-refractivity contribution in [2.45, 2.75) is 58.0 Å². The van der Waals surface area contributed by atoms with E-state index < -0.39 is 67.8 Å². The molecule has 2 atom stereocenters. The predicted molar refractivity (Wildman–Crippen MR) is 143 cm³/mol. The summed E-state index contributed by atoms with van der Waals surface area (Å²) in [6.45, 7) is 0.922. The lowest BCUT2D eigenvalue weighted by Gasteiger charge is -2.27. The van der Waals surface area contributed by atoms with Gasteiger partial charge in [0.25, 0.3) is 0 Å². The highest BCUT2D eigenvalue weighted by atomic mass is 31.2. The van der Waals surface area contributed by atoms with Gasteiger partial charge in [-0.1, -0.05) is 37.8 Å². The van der Waals surface area contributed by atoms with Crippen molar-refractivity contribution in [3.8, 4) is 0 Å². The second-order valence-electron chi connectivity index (χ2n) is 9.75. The Balaban J connectivity index is 1.48. The molecule has 0 radical (unpaired) electrons. The summed E-state index contributed by atoms with van der Waals surface area (Å²) < 4.78 is 73.8. The van der Waals surface area contributed by atoms with Gasteiger partial charge in [0, 0.05) is 37.7 Å². The Morgan fingerprint density at radius 3 is 2.64 bits per heavy atom. The number of carbonyl (C=O) groups is 3. The zero-order valence-electron chi connectivity index (χ0n) is 22.7. The third-order valence-corrected chi connectivity index (χ3v) is 8.10. The van der Waals surface area contributed by atoms with Crippen LogP contribution in [0.25, 0.3) is 0 Å². The van der Waals surface area contributed by atoms with Crippen LogP contribution in [-0.4, -0.2) is 53.6 Å². The molecule has 1 aromatic heterocycles. The molecule has 0 aliphatic carbocycles. The van der Waals surface area contributed by atoms with Crippen molar-refractivity contribution in [2.24, 2.45) is 0 Å². The Morgan fingerprint density at radius 1 is 1.21 bits per heavy atom. The number of carbonyl (C=O) groups excluding carboxylic acids is 3. The molecule has 16 heteroatoms. The van der Waals surface area contributed by atoms with E-state index in [1.165, 1.54) is 6.07 Å². The Hall–Kier alpha value is -3.84. The van der Waals surface area contributed by atoms with E-state index in [9.17, 15) is 28.2 Å². The molecular weight excluding hydrogens is 584 g/mol. The first kappa shape index (κ1) is 31.1. The Labute approximate surface area is 239 Å². The summed E-state index contributed by atoms with van der Waals surface area (Å²) in [7, 11) is -4.90. The van der Waals surface area contributed by atoms with Crippen molar-refractivity contribution in [1.29, 1.82) is 0 Å². The van der Waals surface area contributed by atoms with Gasteiger partial charge in [-0.3, -0.25) is 19.4 Å². The van der Waals surface area contributed by atoms with Gasteiger partial charge in [-0.25, -0.2) is 27.2 Å². The molecule has 0 saturated carbocycles. The number of ketones is 1. The number of ether oxygens (including phenoxy) is 1. The summed E-state index contributed by atoms with van der Waals surface area (Å²) in [6.07, 6.45) is 4.92. The van der Waals surface area contributed by atoms with Crippen LogP contribution < -0.4 is 14.5 Å². The van der Waals surface area contributed by atoms with Gasteiger partial charge >= 0.3 is 19.8 Å². The molecule has 3 heterocycles. The molecule has 0 bridgehead atoms. The molecule has 4 rings (SSSR count). The van der Waals surface area contributed by atoms with Gasteiger partial charge < -0.3 is 18.7 Å². The zero-order chi connectivity index (χ0) is 30.4. The Bertz CT molecular complexity index is 1390. The second-order valence-corrected chi connectivity index (χ2v) is 11.4. The molecule has 1 amide bonds. The molecule has 0 spiro atoms. The molecule has 1 aromatic carbocycles. The number of anilines is 3. The molecule has 1 saturated heterocycles. The van der Waals surface area contributed by atoms with E-state index in [0.717, 1.165) is 49.1 Å². The number of unbranched alkanes of at least 4 members (excludes halogenated alkanes) is 4. The van der Waals surface area contributed by atoms with E-state index in [0.29, 0.717) is 22.1 Å². The van der Waals surface area contributed by atoms with Crippen molar-refractivity contribution in [2.75, 3.05) is 34.1 Å². The summed E-state index contributed by atoms with van der Waals surface area (Å²) in [6, 6.07) is 1.83. The number of benzene rings is 1. The number of hydrogen-bond donors (Lipinski definition) is 1. The number of hydrogen-bond acceptors (Lipinski definition) is 9. The number of halogens is 3.